The van der Waals surface area contributed by atoms with E-state index in [9.17, 15) is 9.59 Å². The standard InChI is InChI=1S/C18H23NO4S/c1-5-18(6-2,10-15(20)21)19-17(22)16-11(3)13-9-12(23-4)7-8-14(13)24-16/h7-9H,5-6,10H2,1-4H3,(H,19,22)(H,20,21). The van der Waals surface area contributed by atoms with Crippen molar-refractivity contribution in [2.45, 2.75) is 45.6 Å². The maximum absolute atomic E-state index is 12.8. The van der Waals surface area contributed by atoms with Crippen molar-refractivity contribution >= 4 is 33.3 Å². The first-order valence-corrected chi connectivity index (χ1v) is 8.79. The van der Waals surface area contributed by atoms with Gasteiger partial charge in [-0.15, -0.1) is 11.3 Å². The average Bonchev–Trinajstić information content (AvgIpc) is 2.90. The topological polar surface area (TPSA) is 75.6 Å². The van der Waals surface area contributed by atoms with Gasteiger partial charge >= 0.3 is 5.97 Å². The lowest BCUT2D eigenvalue weighted by Crippen LogP contribution is -2.49. The molecule has 24 heavy (non-hydrogen) atoms. The first-order valence-electron chi connectivity index (χ1n) is 7.97. The lowest BCUT2D eigenvalue weighted by molar-refractivity contribution is -0.138. The van der Waals surface area contributed by atoms with Crippen LogP contribution in [-0.4, -0.2) is 29.6 Å². The molecule has 130 valence electrons. The molecule has 0 aliphatic carbocycles. The van der Waals surface area contributed by atoms with Gasteiger partial charge in [0.1, 0.15) is 5.75 Å². The number of carbonyl (C=O) groups excluding carboxylic acids is 1. The zero-order chi connectivity index (χ0) is 17.9. The van der Waals surface area contributed by atoms with Crippen molar-refractivity contribution in [2.24, 2.45) is 0 Å². The van der Waals surface area contributed by atoms with Gasteiger partial charge in [-0.05, 0) is 48.9 Å². The summed E-state index contributed by atoms with van der Waals surface area (Å²) >= 11 is 1.42. The summed E-state index contributed by atoms with van der Waals surface area (Å²) in [6.07, 6.45) is 1.06. The van der Waals surface area contributed by atoms with Crippen LogP contribution < -0.4 is 10.1 Å². The summed E-state index contributed by atoms with van der Waals surface area (Å²) in [5, 5.41) is 13.1. The Kier molecular flexibility index (Phi) is 5.49. The molecule has 0 fully saturated rings. The number of carboxylic acid groups (broad SMARTS) is 1. The van der Waals surface area contributed by atoms with Crippen molar-refractivity contribution in [3.05, 3.63) is 28.6 Å². The highest BCUT2D eigenvalue weighted by Crippen LogP contribution is 2.34. The third kappa shape index (κ3) is 3.53. The number of hydrogen-bond donors (Lipinski definition) is 2. The average molecular weight is 349 g/mol. The summed E-state index contributed by atoms with van der Waals surface area (Å²) in [5.74, 6) is -0.368. The third-order valence-corrected chi connectivity index (χ3v) is 5.84. The van der Waals surface area contributed by atoms with Crippen LogP contribution in [0, 0.1) is 6.92 Å². The molecule has 0 saturated heterocycles. The van der Waals surface area contributed by atoms with Crippen molar-refractivity contribution in [3.8, 4) is 5.75 Å². The van der Waals surface area contributed by atoms with Gasteiger partial charge in [0.15, 0.2) is 0 Å². The predicted molar refractivity (Wildman–Crippen MR) is 96.1 cm³/mol. The fourth-order valence-corrected chi connectivity index (χ4v) is 3.94. The number of fused-ring (bicyclic) bond motifs is 1. The summed E-state index contributed by atoms with van der Waals surface area (Å²) in [4.78, 5) is 24.6. The molecule has 2 aromatic rings. The van der Waals surface area contributed by atoms with E-state index in [1.54, 1.807) is 7.11 Å². The summed E-state index contributed by atoms with van der Waals surface area (Å²) < 4.78 is 6.25. The van der Waals surface area contributed by atoms with Gasteiger partial charge in [-0.2, -0.15) is 0 Å². The minimum absolute atomic E-state index is 0.0799. The van der Waals surface area contributed by atoms with Crippen LogP contribution in [0.25, 0.3) is 10.1 Å². The summed E-state index contributed by atoms with van der Waals surface area (Å²) in [5.41, 5.74) is 0.172. The molecule has 0 spiro atoms. The lowest BCUT2D eigenvalue weighted by atomic mass is 9.89. The van der Waals surface area contributed by atoms with Crippen LogP contribution in [0.3, 0.4) is 0 Å². The zero-order valence-electron chi connectivity index (χ0n) is 14.4. The Balaban J connectivity index is 2.36. The van der Waals surface area contributed by atoms with E-state index >= 15 is 0 Å². The number of amides is 1. The highest BCUT2D eigenvalue weighted by molar-refractivity contribution is 7.21. The molecule has 1 amide bonds. The molecule has 1 aromatic heterocycles. The number of aryl methyl sites for hydroxylation is 1. The molecule has 0 aliphatic rings. The van der Waals surface area contributed by atoms with E-state index in [1.165, 1.54) is 11.3 Å². The normalized spacial score (nSPS) is 11.5. The van der Waals surface area contributed by atoms with Gasteiger partial charge in [-0.1, -0.05) is 13.8 Å². The molecular weight excluding hydrogens is 326 g/mol. The molecular formula is C18H23NO4S. The van der Waals surface area contributed by atoms with E-state index in [2.05, 4.69) is 5.32 Å². The second kappa shape index (κ2) is 7.21. The molecule has 5 nitrogen and oxygen atoms in total. The van der Waals surface area contributed by atoms with Crippen LogP contribution in [0.4, 0.5) is 0 Å². The van der Waals surface area contributed by atoms with Gasteiger partial charge in [0.25, 0.3) is 5.91 Å². The van der Waals surface area contributed by atoms with E-state index in [1.807, 2.05) is 39.0 Å². The number of thiophene rings is 1. The number of benzene rings is 1. The number of hydrogen-bond acceptors (Lipinski definition) is 4. The fourth-order valence-electron chi connectivity index (χ4n) is 2.85. The van der Waals surface area contributed by atoms with Gasteiger partial charge in [0.05, 0.1) is 23.9 Å². The number of nitrogens with one attached hydrogen (secondary N) is 1. The highest BCUT2D eigenvalue weighted by Gasteiger charge is 2.32. The fraction of sp³-hybridized carbons (Fsp3) is 0.444. The number of rotatable bonds is 7. The Bertz CT molecular complexity index is 762. The monoisotopic (exact) mass is 349 g/mol. The summed E-state index contributed by atoms with van der Waals surface area (Å²) in [7, 11) is 1.61. The molecule has 0 bridgehead atoms. The van der Waals surface area contributed by atoms with Crippen molar-refractivity contribution in [1.29, 1.82) is 0 Å². The van der Waals surface area contributed by atoms with Gasteiger partial charge in [-0.3, -0.25) is 9.59 Å². The van der Waals surface area contributed by atoms with Crippen LogP contribution in [-0.2, 0) is 4.79 Å². The number of carbonyl (C=O) groups is 2. The highest BCUT2D eigenvalue weighted by atomic mass is 32.1. The number of carboxylic acids is 1. The molecule has 0 aliphatic heterocycles. The molecule has 0 radical (unpaired) electrons. The SMILES string of the molecule is CCC(CC)(CC(=O)O)NC(=O)c1sc2ccc(OC)cc2c1C. The van der Waals surface area contributed by atoms with Crippen LogP contribution in [0.5, 0.6) is 5.75 Å². The molecule has 1 heterocycles. The van der Waals surface area contributed by atoms with Crippen LogP contribution >= 0.6 is 11.3 Å². The molecule has 0 unspecified atom stereocenters. The quantitative estimate of drug-likeness (QED) is 0.793. The molecule has 6 heteroatoms. The number of aliphatic carboxylic acids is 1. The van der Waals surface area contributed by atoms with Crippen molar-refractivity contribution in [2.75, 3.05) is 7.11 Å². The second-order valence-electron chi connectivity index (χ2n) is 5.93. The number of ether oxygens (including phenoxy) is 1. The van der Waals surface area contributed by atoms with Crippen molar-refractivity contribution < 1.29 is 19.4 Å². The Hall–Kier alpha value is -2.08. The van der Waals surface area contributed by atoms with E-state index in [0.717, 1.165) is 21.4 Å². The Labute approximate surface area is 145 Å². The molecule has 2 N–H and O–H groups in total. The Morgan fingerprint density at radius 3 is 2.50 bits per heavy atom. The Morgan fingerprint density at radius 2 is 1.96 bits per heavy atom. The van der Waals surface area contributed by atoms with Gasteiger partial charge in [0, 0.05) is 4.70 Å². The van der Waals surface area contributed by atoms with Gasteiger partial charge in [0.2, 0.25) is 0 Å². The second-order valence-corrected chi connectivity index (χ2v) is 6.98. The third-order valence-electron chi connectivity index (χ3n) is 4.57. The number of methoxy groups -OCH3 is 1. The minimum Gasteiger partial charge on any atom is -0.497 e. The first-order chi connectivity index (χ1) is 11.4. The predicted octanol–water partition coefficient (Wildman–Crippen LogP) is 3.98. The minimum atomic E-state index is -0.906. The smallest absolute Gasteiger partial charge is 0.305 e. The Morgan fingerprint density at radius 1 is 1.29 bits per heavy atom. The maximum Gasteiger partial charge on any atom is 0.305 e. The zero-order valence-corrected chi connectivity index (χ0v) is 15.3. The van der Waals surface area contributed by atoms with Crippen LogP contribution in [0.1, 0.15) is 48.3 Å². The van der Waals surface area contributed by atoms with Crippen LogP contribution in [0.15, 0.2) is 18.2 Å². The summed E-state index contributed by atoms with van der Waals surface area (Å²) in [6, 6.07) is 5.72. The molecule has 0 saturated carbocycles. The summed E-state index contributed by atoms with van der Waals surface area (Å²) in [6.45, 7) is 5.70. The van der Waals surface area contributed by atoms with E-state index < -0.39 is 11.5 Å². The first kappa shape index (κ1) is 18.3. The van der Waals surface area contributed by atoms with Gasteiger partial charge in [-0.25, -0.2) is 0 Å². The van der Waals surface area contributed by atoms with E-state index in [-0.39, 0.29) is 12.3 Å². The van der Waals surface area contributed by atoms with E-state index in [4.69, 9.17) is 9.84 Å². The van der Waals surface area contributed by atoms with Crippen LogP contribution in [0.2, 0.25) is 0 Å². The molecule has 0 atom stereocenters. The van der Waals surface area contributed by atoms with Gasteiger partial charge < -0.3 is 15.2 Å². The lowest BCUT2D eigenvalue weighted by Gasteiger charge is -2.31. The largest absolute Gasteiger partial charge is 0.497 e. The molecule has 2 rings (SSSR count). The van der Waals surface area contributed by atoms with Crippen molar-refractivity contribution in [1.82, 2.24) is 5.32 Å². The van der Waals surface area contributed by atoms with Crippen molar-refractivity contribution in [3.63, 3.8) is 0 Å². The maximum atomic E-state index is 12.8. The molecule has 1 aromatic carbocycles. The van der Waals surface area contributed by atoms with E-state index in [0.29, 0.717) is 17.7 Å².